The molecule has 1 saturated heterocycles. The van der Waals surface area contributed by atoms with Gasteiger partial charge in [0.25, 0.3) is 0 Å². The summed E-state index contributed by atoms with van der Waals surface area (Å²) in [6, 6.07) is 4.87. The zero-order chi connectivity index (χ0) is 15.0. The van der Waals surface area contributed by atoms with Gasteiger partial charge in [0, 0.05) is 18.6 Å². The molecule has 1 fully saturated rings. The molecule has 0 atom stereocenters. The first-order valence-corrected chi connectivity index (χ1v) is 7.35. The molecule has 1 aromatic heterocycles. The topological polar surface area (TPSA) is 50.8 Å². The van der Waals surface area contributed by atoms with E-state index in [1.165, 1.54) is 0 Å². The predicted molar refractivity (Wildman–Crippen MR) is 78.7 cm³/mol. The molecule has 2 heterocycles. The van der Waals surface area contributed by atoms with Crippen LogP contribution in [0, 0.1) is 11.3 Å². The van der Waals surface area contributed by atoms with Gasteiger partial charge in [-0.2, -0.15) is 10.4 Å². The molecular weight excluding hydrogens is 250 g/mol. The van der Waals surface area contributed by atoms with Crippen molar-refractivity contribution in [3.05, 3.63) is 17.5 Å². The van der Waals surface area contributed by atoms with Crippen molar-refractivity contribution in [1.29, 1.82) is 5.26 Å². The molecule has 4 nitrogen and oxygen atoms in total. The van der Waals surface area contributed by atoms with E-state index >= 15 is 0 Å². The molecule has 0 spiro atoms. The van der Waals surface area contributed by atoms with E-state index in [0.717, 1.165) is 37.4 Å². The first-order chi connectivity index (χ1) is 9.25. The van der Waals surface area contributed by atoms with Crippen LogP contribution >= 0.6 is 0 Å². The maximum absolute atomic E-state index is 9.47. The Balaban J connectivity index is 2.48. The molecule has 0 radical (unpaired) electrons. The monoisotopic (exact) mass is 275 g/mol. The highest BCUT2D eigenvalue weighted by Crippen LogP contribution is 2.33. The summed E-state index contributed by atoms with van der Waals surface area (Å²) in [5.41, 5.74) is 1.56. The average molecular weight is 275 g/mol. The van der Waals surface area contributed by atoms with Gasteiger partial charge in [-0.15, -0.1) is 0 Å². The predicted octanol–water partition coefficient (Wildman–Crippen LogP) is 3.33. The van der Waals surface area contributed by atoms with Crippen LogP contribution in [0.3, 0.4) is 0 Å². The molecule has 0 N–H and O–H groups in total. The molecule has 0 bridgehead atoms. The third-order valence-corrected chi connectivity index (χ3v) is 3.96. The van der Waals surface area contributed by atoms with Crippen LogP contribution in [0.25, 0.3) is 0 Å². The van der Waals surface area contributed by atoms with Crippen molar-refractivity contribution in [3.63, 3.8) is 0 Å². The zero-order valence-electron chi connectivity index (χ0n) is 13.2. The Kier molecular flexibility index (Phi) is 3.93. The summed E-state index contributed by atoms with van der Waals surface area (Å²) in [5, 5.41) is 14.3. The standard InChI is InChI=1S/C16H25N3O/c1-15(2,3)13-10-14(16(4,5)11-17)19(18-13)12-6-8-20-9-7-12/h10,12H,6-9H2,1-5H3. The van der Waals surface area contributed by atoms with Gasteiger partial charge in [-0.3, -0.25) is 4.68 Å². The maximum Gasteiger partial charge on any atom is 0.0934 e. The van der Waals surface area contributed by atoms with E-state index in [1.807, 2.05) is 13.8 Å². The van der Waals surface area contributed by atoms with Gasteiger partial charge in [0.15, 0.2) is 0 Å². The van der Waals surface area contributed by atoms with Gasteiger partial charge < -0.3 is 4.74 Å². The van der Waals surface area contributed by atoms with Crippen LogP contribution in [-0.4, -0.2) is 23.0 Å². The fourth-order valence-corrected chi connectivity index (χ4v) is 2.49. The second-order valence-electron chi connectivity index (χ2n) is 7.19. The smallest absolute Gasteiger partial charge is 0.0934 e. The Morgan fingerprint density at radius 2 is 1.85 bits per heavy atom. The van der Waals surface area contributed by atoms with Crippen LogP contribution in [0.2, 0.25) is 0 Å². The van der Waals surface area contributed by atoms with Crippen LogP contribution in [0.1, 0.15) is 64.9 Å². The molecule has 0 amide bonds. The summed E-state index contributed by atoms with van der Waals surface area (Å²) in [4.78, 5) is 0. The van der Waals surface area contributed by atoms with Crippen molar-refractivity contribution in [2.45, 2.75) is 64.3 Å². The second-order valence-corrected chi connectivity index (χ2v) is 7.19. The summed E-state index contributed by atoms with van der Waals surface area (Å²) >= 11 is 0. The van der Waals surface area contributed by atoms with E-state index in [4.69, 9.17) is 9.84 Å². The van der Waals surface area contributed by atoms with Gasteiger partial charge in [-0.25, -0.2) is 0 Å². The van der Waals surface area contributed by atoms with Crippen LogP contribution < -0.4 is 0 Å². The number of hydrogen-bond donors (Lipinski definition) is 0. The molecule has 2 rings (SSSR count). The van der Waals surface area contributed by atoms with Crippen molar-refractivity contribution in [1.82, 2.24) is 9.78 Å². The lowest BCUT2D eigenvalue weighted by Gasteiger charge is -2.27. The minimum atomic E-state index is -0.519. The first-order valence-electron chi connectivity index (χ1n) is 7.35. The summed E-state index contributed by atoms with van der Waals surface area (Å²) < 4.78 is 7.53. The maximum atomic E-state index is 9.47. The van der Waals surface area contributed by atoms with Crippen LogP contribution in [0.4, 0.5) is 0 Å². The molecule has 4 heteroatoms. The minimum Gasteiger partial charge on any atom is -0.381 e. The number of aromatic nitrogens is 2. The van der Waals surface area contributed by atoms with Crippen LogP contribution in [0.15, 0.2) is 6.07 Å². The summed E-state index contributed by atoms with van der Waals surface area (Å²) in [6.45, 7) is 12.0. The quantitative estimate of drug-likeness (QED) is 0.831. The van der Waals surface area contributed by atoms with Gasteiger partial charge in [-0.05, 0) is 32.8 Å². The summed E-state index contributed by atoms with van der Waals surface area (Å²) in [6.07, 6.45) is 1.94. The Hall–Kier alpha value is -1.34. The molecule has 1 aliphatic rings. The van der Waals surface area contributed by atoms with Crippen molar-refractivity contribution in [3.8, 4) is 6.07 Å². The fourth-order valence-electron chi connectivity index (χ4n) is 2.49. The minimum absolute atomic E-state index is 0.00327. The average Bonchev–Trinajstić information content (AvgIpc) is 2.85. The second kappa shape index (κ2) is 5.21. The first kappa shape index (κ1) is 15.1. The van der Waals surface area contributed by atoms with E-state index in [0.29, 0.717) is 6.04 Å². The third-order valence-electron chi connectivity index (χ3n) is 3.96. The van der Waals surface area contributed by atoms with E-state index in [9.17, 15) is 5.26 Å². The molecule has 0 unspecified atom stereocenters. The summed E-state index contributed by atoms with van der Waals surface area (Å²) in [5.74, 6) is 0. The third kappa shape index (κ3) is 2.88. The normalized spacial score (nSPS) is 18.0. The Morgan fingerprint density at radius 1 is 1.25 bits per heavy atom. The van der Waals surface area contributed by atoms with E-state index in [-0.39, 0.29) is 5.41 Å². The van der Waals surface area contributed by atoms with Crippen molar-refractivity contribution in [2.75, 3.05) is 13.2 Å². The van der Waals surface area contributed by atoms with E-state index in [1.54, 1.807) is 0 Å². The van der Waals surface area contributed by atoms with Gasteiger partial charge in [0.2, 0.25) is 0 Å². The number of nitrogens with zero attached hydrogens (tertiary/aromatic N) is 3. The van der Waals surface area contributed by atoms with Gasteiger partial charge in [-0.1, -0.05) is 20.8 Å². The number of ether oxygens (including phenoxy) is 1. The molecule has 0 aliphatic carbocycles. The lowest BCUT2D eigenvalue weighted by molar-refractivity contribution is 0.0646. The molecule has 20 heavy (non-hydrogen) atoms. The highest BCUT2D eigenvalue weighted by molar-refractivity contribution is 5.29. The van der Waals surface area contributed by atoms with Crippen molar-refractivity contribution >= 4 is 0 Å². The van der Waals surface area contributed by atoms with Gasteiger partial charge >= 0.3 is 0 Å². The van der Waals surface area contributed by atoms with E-state index < -0.39 is 5.41 Å². The zero-order valence-corrected chi connectivity index (χ0v) is 13.2. The highest BCUT2D eigenvalue weighted by atomic mass is 16.5. The Morgan fingerprint density at radius 3 is 2.35 bits per heavy atom. The summed E-state index contributed by atoms with van der Waals surface area (Å²) in [7, 11) is 0. The number of rotatable bonds is 2. The lowest BCUT2D eigenvalue weighted by Crippen LogP contribution is -2.27. The fraction of sp³-hybridized carbons (Fsp3) is 0.750. The van der Waals surface area contributed by atoms with Crippen molar-refractivity contribution in [2.24, 2.45) is 0 Å². The molecule has 0 aromatic carbocycles. The number of nitriles is 1. The van der Waals surface area contributed by atoms with Gasteiger partial charge in [0.1, 0.15) is 0 Å². The Bertz CT molecular complexity index is 511. The molecule has 110 valence electrons. The number of hydrogen-bond acceptors (Lipinski definition) is 3. The van der Waals surface area contributed by atoms with Crippen LogP contribution in [-0.2, 0) is 15.6 Å². The van der Waals surface area contributed by atoms with Crippen LogP contribution in [0.5, 0.6) is 0 Å². The molecular formula is C16H25N3O. The highest BCUT2D eigenvalue weighted by Gasteiger charge is 2.32. The molecule has 0 saturated carbocycles. The van der Waals surface area contributed by atoms with E-state index in [2.05, 4.69) is 37.6 Å². The van der Waals surface area contributed by atoms with Crippen molar-refractivity contribution < 1.29 is 4.74 Å². The molecule has 1 aliphatic heterocycles. The largest absolute Gasteiger partial charge is 0.381 e. The van der Waals surface area contributed by atoms with Gasteiger partial charge in [0.05, 0.1) is 28.9 Å². The SMILES string of the molecule is CC(C)(C)c1cc(C(C)(C)C#N)n(C2CCOCC2)n1. The lowest BCUT2D eigenvalue weighted by atomic mass is 9.87. The molecule has 1 aromatic rings. The Labute approximate surface area is 121 Å².